The smallest absolute Gasteiger partial charge is 0.254 e. The van der Waals surface area contributed by atoms with E-state index in [1.807, 2.05) is 11.0 Å². The molecule has 126 valence electrons. The summed E-state index contributed by atoms with van der Waals surface area (Å²) < 4.78 is 1.75. The van der Waals surface area contributed by atoms with Crippen LogP contribution in [-0.2, 0) is 12.8 Å². The van der Waals surface area contributed by atoms with E-state index in [9.17, 15) is 9.90 Å². The summed E-state index contributed by atoms with van der Waals surface area (Å²) in [6.45, 7) is 2.94. The minimum atomic E-state index is -0.618. The highest BCUT2D eigenvalue weighted by atomic mass is 16.3. The van der Waals surface area contributed by atoms with Crippen molar-refractivity contribution in [3.8, 4) is 0 Å². The van der Waals surface area contributed by atoms with Gasteiger partial charge in [0.05, 0.1) is 18.3 Å². The van der Waals surface area contributed by atoms with Gasteiger partial charge in [-0.3, -0.25) is 4.79 Å². The molecule has 0 spiro atoms. The van der Waals surface area contributed by atoms with Crippen molar-refractivity contribution in [2.75, 3.05) is 13.1 Å². The largest absolute Gasteiger partial charge is 0.387 e. The van der Waals surface area contributed by atoms with Crippen LogP contribution in [0.15, 0.2) is 24.4 Å². The first-order chi connectivity index (χ1) is 11.6. The fourth-order valence-electron chi connectivity index (χ4n) is 3.50. The fraction of sp³-hybridized carbons (Fsp3) is 0.500. The lowest BCUT2D eigenvalue weighted by Crippen LogP contribution is -2.50. The summed E-state index contributed by atoms with van der Waals surface area (Å²) in [6, 6.07) is 6.30. The molecule has 6 heteroatoms. The van der Waals surface area contributed by atoms with Gasteiger partial charge in [0.15, 0.2) is 0 Å². The third-order valence-corrected chi connectivity index (χ3v) is 5.08. The molecule has 1 fully saturated rings. The van der Waals surface area contributed by atoms with E-state index in [2.05, 4.69) is 22.4 Å². The zero-order valence-corrected chi connectivity index (χ0v) is 13.9. The van der Waals surface area contributed by atoms with Crippen molar-refractivity contribution >= 4 is 5.91 Å². The molecule has 1 saturated heterocycles. The maximum atomic E-state index is 12.6. The van der Waals surface area contributed by atoms with E-state index in [0.717, 1.165) is 18.4 Å². The van der Waals surface area contributed by atoms with E-state index >= 15 is 0 Å². The standard InChI is InChI=1S/C18H22N4O2/c1-12(23)17-11-22(20-19-17)16-9-21(10-16)18(24)15-7-6-13-4-2-3-5-14(13)8-15/h6-8,11-12,16,23H,2-5,9-10H2,1H3/t12-/m1/s1. The van der Waals surface area contributed by atoms with Crippen LogP contribution >= 0.6 is 0 Å². The quantitative estimate of drug-likeness (QED) is 0.935. The second-order valence-electron chi connectivity index (χ2n) is 6.85. The van der Waals surface area contributed by atoms with Gasteiger partial charge in [-0.2, -0.15) is 0 Å². The van der Waals surface area contributed by atoms with Crippen LogP contribution in [0, 0.1) is 0 Å². The maximum Gasteiger partial charge on any atom is 0.254 e. The summed E-state index contributed by atoms with van der Waals surface area (Å²) in [6.07, 6.45) is 5.82. The van der Waals surface area contributed by atoms with Crippen LogP contribution in [0.3, 0.4) is 0 Å². The fourth-order valence-corrected chi connectivity index (χ4v) is 3.50. The Morgan fingerprint density at radius 3 is 2.71 bits per heavy atom. The summed E-state index contributed by atoms with van der Waals surface area (Å²) in [5.41, 5.74) is 4.08. The number of aryl methyl sites for hydroxylation is 2. The van der Waals surface area contributed by atoms with Crippen molar-refractivity contribution in [2.45, 2.75) is 44.8 Å². The zero-order valence-electron chi connectivity index (χ0n) is 13.9. The first kappa shape index (κ1) is 15.3. The second-order valence-corrected chi connectivity index (χ2v) is 6.85. The van der Waals surface area contributed by atoms with Gasteiger partial charge < -0.3 is 10.0 Å². The van der Waals surface area contributed by atoms with Gasteiger partial charge in [0.2, 0.25) is 0 Å². The van der Waals surface area contributed by atoms with Crippen LogP contribution in [0.5, 0.6) is 0 Å². The summed E-state index contributed by atoms with van der Waals surface area (Å²) in [4.78, 5) is 14.5. The van der Waals surface area contributed by atoms with E-state index in [0.29, 0.717) is 18.8 Å². The van der Waals surface area contributed by atoms with Gasteiger partial charge in [0, 0.05) is 18.7 Å². The number of rotatable bonds is 3. The Bertz CT molecular complexity index is 762. The summed E-state index contributed by atoms with van der Waals surface area (Å²) >= 11 is 0. The highest BCUT2D eigenvalue weighted by Crippen LogP contribution is 2.26. The molecule has 1 aromatic carbocycles. The number of carbonyl (C=O) groups excluding carboxylic acids is 1. The molecule has 2 aromatic rings. The normalized spacial score (nSPS) is 18.8. The van der Waals surface area contributed by atoms with Gasteiger partial charge in [-0.05, 0) is 55.9 Å². The predicted octanol–water partition coefficient (Wildman–Crippen LogP) is 1.91. The summed E-state index contributed by atoms with van der Waals surface area (Å²) in [7, 11) is 0. The number of amides is 1. The average Bonchev–Trinajstić information content (AvgIpc) is 3.03. The Kier molecular flexibility index (Phi) is 3.84. The lowest BCUT2D eigenvalue weighted by Gasteiger charge is -2.39. The Morgan fingerprint density at radius 1 is 1.25 bits per heavy atom. The van der Waals surface area contributed by atoms with Crippen molar-refractivity contribution in [1.29, 1.82) is 0 Å². The van der Waals surface area contributed by atoms with Crippen LogP contribution in [0.1, 0.15) is 59.1 Å². The number of fused-ring (bicyclic) bond motifs is 1. The van der Waals surface area contributed by atoms with Crippen LogP contribution in [0.2, 0.25) is 0 Å². The van der Waals surface area contributed by atoms with Crippen molar-refractivity contribution in [2.24, 2.45) is 0 Å². The van der Waals surface area contributed by atoms with Crippen LogP contribution in [0.25, 0.3) is 0 Å². The SMILES string of the molecule is C[C@@H](O)c1cn(C2CN(C(=O)c3ccc4c(c3)CCCC4)C2)nn1. The lowest BCUT2D eigenvalue weighted by molar-refractivity contribution is 0.0498. The topological polar surface area (TPSA) is 71.2 Å². The van der Waals surface area contributed by atoms with E-state index < -0.39 is 6.10 Å². The number of aromatic nitrogens is 3. The van der Waals surface area contributed by atoms with E-state index in [4.69, 9.17) is 0 Å². The number of hydrogen-bond acceptors (Lipinski definition) is 4. The third-order valence-electron chi connectivity index (χ3n) is 5.08. The molecule has 4 rings (SSSR count). The summed E-state index contributed by atoms with van der Waals surface area (Å²) in [5, 5.41) is 17.5. The lowest BCUT2D eigenvalue weighted by atomic mass is 9.90. The molecule has 1 amide bonds. The molecule has 2 heterocycles. The number of likely N-dealkylation sites (tertiary alicyclic amines) is 1. The molecule has 0 saturated carbocycles. The highest BCUT2D eigenvalue weighted by Gasteiger charge is 2.33. The van der Waals surface area contributed by atoms with Crippen molar-refractivity contribution in [3.63, 3.8) is 0 Å². The first-order valence-corrected chi connectivity index (χ1v) is 8.62. The van der Waals surface area contributed by atoms with E-state index in [1.54, 1.807) is 17.8 Å². The second kappa shape index (κ2) is 6.02. The van der Waals surface area contributed by atoms with Crippen molar-refractivity contribution in [1.82, 2.24) is 19.9 Å². The molecule has 0 bridgehead atoms. The Balaban J connectivity index is 1.42. The van der Waals surface area contributed by atoms with Gasteiger partial charge in [0.1, 0.15) is 5.69 Å². The molecule has 1 atom stereocenters. The number of hydrogen-bond donors (Lipinski definition) is 1. The molecule has 1 aromatic heterocycles. The van der Waals surface area contributed by atoms with Gasteiger partial charge in [0.25, 0.3) is 5.91 Å². The van der Waals surface area contributed by atoms with Crippen molar-refractivity contribution in [3.05, 3.63) is 46.8 Å². The molecular formula is C18H22N4O2. The van der Waals surface area contributed by atoms with Crippen molar-refractivity contribution < 1.29 is 9.90 Å². The molecule has 0 unspecified atom stereocenters. The minimum Gasteiger partial charge on any atom is -0.387 e. The van der Waals surface area contributed by atoms with Gasteiger partial charge >= 0.3 is 0 Å². The Hall–Kier alpha value is -2.21. The van der Waals surface area contributed by atoms with E-state index in [-0.39, 0.29) is 11.9 Å². The number of benzene rings is 1. The number of aliphatic hydroxyl groups is 1. The molecule has 1 aliphatic heterocycles. The number of carbonyl (C=O) groups is 1. The minimum absolute atomic E-state index is 0.0930. The number of nitrogens with zero attached hydrogens (tertiary/aromatic N) is 4. The van der Waals surface area contributed by atoms with Gasteiger partial charge in [-0.1, -0.05) is 11.3 Å². The molecule has 2 aliphatic rings. The van der Waals surface area contributed by atoms with Gasteiger partial charge in [-0.25, -0.2) is 4.68 Å². The predicted molar refractivity (Wildman–Crippen MR) is 88.7 cm³/mol. The highest BCUT2D eigenvalue weighted by molar-refractivity contribution is 5.95. The average molecular weight is 326 g/mol. The van der Waals surface area contributed by atoms with Crippen LogP contribution in [-0.4, -0.2) is 44.0 Å². The molecule has 1 N–H and O–H groups in total. The number of aliphatic hydroxyl groups excluding tert-OH is 1. The van der Waals surface area contributed by atoms with E-state index in [1.165, 1.54) is 24.0 Å². The van der Waals surface area contributed by atoms with Crippen LogP contribution in [0.4, 0.5) is 0 Å². The zero-order chi connectivity index (χ0) is 16.7. The summed E-state index contributed by atoms with van der Waals surface area (Å²) in [5.74, 6) is 0.0930. The molecule has 0 radical (unpaired) electrons. The first-order valence-electron chi connectivity index (χ1n) is 8.62. The Morgan fingerprint density at radius 2 is 2.00 bits per heavy atom. The van der Waals surface area contributed by atoms with Crippen LogP contribution < -0.4 is 0 Å². The molecule has 24 heavy (non-hydrogen) atoms. The third kappa shape index (κ3) is 2.71. The maximum absolute atomic E-state index is 12.6. The molecular weight excluding hydrogens is 304 g/mol. The monoisotopic (exact) mass is 326 g/mol. The molecule has 6 nitrogen and oxygen atoms in total. The van der Waals surface area contributed by atoms with Gasteiger partial charge in [-0.15, -0.1) is 5.10 Å². The Labute approximate surface area is 141 Å². The molecule has 1 aliphatic carbocycles.